The van der Waals surface area contributed by atoms with Crippen molar-refractivity contribution >= 4 is 21.8 Å². The average Bonchev–Trinajstić information content (AvgIpc) is 3.00. The molecule has 2 atom stereocenters. The molecule has 4 rings (SSSR count). The number of hydrogen-bond acceptors (Lipinski definition) is 2. The maximum absolute atomic E-state index is 12.5. The van der Waals surface area contributed by atoms with E-state index >= 15 is 0 Å². The fourth-order valence-electron chi connectivity index (χ4n) is 4.04. The van der Waals surface area contributed by atoms with E-state index in [0.717, 1.165) is 36.8 Å². The van der Waals surface area contributed by atoms with Crippen molar-refractivity contribution in [1.82, 2.24) is 4.90 Å². The minimum atomic E-state index is 0.136. The molecule has 1 saturated heterocycles. The summed E-state index contributed by atoms with van der Waals surface area (Å²) in [7, 11) is 0. The van der Waals surface area contributed by atoms with Gasteiger partial charge in [0.15, 0.2) is 0 Å². The van der Waals surface area contributed by atoms with Crippen molar-refractivity contribution in [3.63, 3.8) is 0 Å². The third-order valence-corrected chi connectivity index (χ3v) is 5.84. The molecule has 1 saturated carbocycles. The van der Waals surface area contributed by atoms with Crippen molar-refractivity contribution in [1.29, 1.82) is 0 Å². The molecule has 0 unspecified atom stereocenters. The van der Waals surface area contributed by atoms with Crippen molar-refractivity contribution in [3.05, 3.63) is 33.8 Å². The predicted molar refractivity (Wildman–Crippen MR) is 79.4 cm³/mol. The largest absolute Gasteiger partial charge is 0.396 e. The Hall–Kier alpha value is -0.870. The number of aliphatic hydroxyl groups excluding tert-OH is 1. The van der Waals surface area contributed by atoms with E-state index in [9.17, 15) is 4.79 Å². The van der Waals surface area contributed by atoms with Gasteiger partial charge in [-0.25, -0.2) is 0 Å². The number of carbonyl (C=O) groups excluding carboxylic acids is 1. The predicted octanol–water partition coefficient (Wildman–Crippen LogP) is 2.10. The lowest BCUT2D eigenvalue weighted by Gasteiger charge is -2.38. The molecule has 0 aromatic heterocycles. The molecule has 1 aromatic rings. The van der Waals surface area contributed by atoms with Gasteiger partial charge >= 0.3 is 0 Å². The SMILES string of the molecule is O=C([C@@H]1C[C@@]12CCc1cc(Br)ccc12)N1CC(CO)C1. The van der Waals surface area contributed by atoms with Crippen molar-refractivity contribution in [3.8, 4) is 0 Å². The normalized spacial score (nSPS) is 31.3. The van der Waals surface area contributed by atoms with E-state index in [4.69, 9.17) is 5.11 Å². The van der Waals surface area contributed by atoms with Crippen LogP contribution in [0.25, 0.3) is 0 Å². The van der Waals surface area contributed by atoms with Gasteiger partial charge in [0, 0.05) is 41.4 Å². The van der Waals surface area contributed by atoms with E-state index in [1.165, 1.54) is 11.1 Å². The smallest absolute Gasteiger partial charge is 0.226 e. The second-order valence-electron chi connectivity index (χ2n) is 6.51. The summed E-state index contributed by atoms with van der Waals surface area (Å²) < 4.78 is 1.13. The van der Waals surface area contributed by atoms with E-state index in [-0.39, 0.29) is 17.9 Å². The Balaban J connectivity index is 1.52. The first kappa shape index (κ1) is 12.8. The number of aliphatic hydroxyl groups is 1. The van der Waals surface area contributed by atoms with E-state index < -0.39 is 0 Å². The molecule has 1 aliphatic heterocycles. The maximum atomic E-state index is 12.5. The summed E-state index contributed by atoms with van der Waals surface area (Å²) in [5.41, 5.74) is 2.95. The summed E-state index contributed by atoms with van der Waals surface area (Å²) in [6, 6.07) is 6.50. The van der Waals surface area contributed by atoms with Gasteiger partial charge in [-0.05, 0) is 42.5 Å². The van der Waals surface area contributed by atoms with Gasteiger partial charge < -0.3 is 10.0 Å². The molecule has 20 heavy (non-hydrogen) atoms. The van der Waals surface area contributed by atoms with Crippen LogP contribution in [0.3, 0.4) is 0 Å². The number of carbonyl (C=O) groups is 1. The van der Waals surface area contributed by atoms with Crippen molar-refractivity contribution in [2.45, 2.75) is 24.7 Å². The van der Waals surface area contributed by atoms with E-state index in [0.29, 0.717) is 11.8 Å². The van der Waals surface area contributed by atoms with Gasteiger partial charge in [0.1, 0.15) is 0 Å². The lowest BCUT2D eigenvalue weighted by atomic mass is 9.93. The summed E-state index contributed by atoms with van der Waals surface area (Å²) in [6.07, 6.45) is 3.23. The second kappa shape index (κ2) is 4.31. The van der Waals surface area contributed by atoms with Gasteiger partial charge in [-0.1, -0.05) is 22.0 Å². The molecule has 1 amide bonds. The van der Waals surface area contributed by atoms with Crippen LogP contribution in [0, 0.1) is 11.8 Å². The van der Waals surface area contributed by atoms with Crippen LogP contribution in [0.15, 0.2) is 22.7 Å². The molecule has 4 heteroatoms. The molecule has 0 radical (unpaired) electrons. The third-order valence-electron chi connectivity index (χ3n) is 5.34. The second-order valence-corrected chi connectivity index (χ2v) is 7.42. The molecule has 3 nitrogen and oxygen atoms in total. The number of aryl methyl sites for hydroxylation is 1. The number of halogens is 1. The van der Waals surface area contributed by atoms with Crippen LogP contribution in [0.4, 0.5) is 0 Å². The fraction of sp³-hybridized carbons (Fsp3) is 0.562. The van der Waals surface area contributed by atoms with Crippen molar-refractivity contribution < 1.29 is 9.90 Å². The van der Waals surface area contributed by atoms with Crippen LogP contribution in [0.1, 0.15) is 24.0 Å². The lowest BCUT2D eigenvalue weighted by molar-refractivity contribution is -0.140. The van der Waals surface area contributed by atoms with Crippen LogP contribution >= 0.6 is 15.9 Å². The Labute approximate surface area is 127 Å². The monoisotopic (exact) mass is 335 g/mol. The minimum Gasteiger partial charge on any atom is -0.396 e. The Morgan fingerprint density at radius 1 is 1.45 bits per heavy atom. The molecule has 1 N–H and O–H groups in total. The highest BCUT2D eigenvalue weighted by Crippen LogP contribution is 2.62. The zero-order chi connectivity index (χ0) is 13.9. The molecule has 0 bridgehead atoms. The summed E-state index contributed by atoms with van der Waals surface area (Å²) in [5.74, 6) is 0.801. The van der Waals surface area contributed by atoms with Crippen LogP contribution in [-0.2, 0) is 16.6 Å². The molecule has 1 heterocycles. The number of nitrogens with zero attached hydrogens (tertiary/aromatic N) is 1. The number of benzene rings is 1. The van der Waals surface area contributed by atoms with Crippen LogP contribution in [0.5, 0.6) is 0 Å². The summed E-state index contributed by atoms with van der Waals surface area (Å²) in [5, 5.41) is 9.06. The van der Waals surface area contributed by atoms with Gasteiger partial charge in [-0.15, -0.1) is 0 Å². The average molecular weight is 336 g/mol. The highest BCUT2D eigenvalue weighted by Gasteiger charge is 2.62. The van der Waals surface area contributed by atoms with Gasteiger partial charge in [-0.2, -0.15) is 0 Å². The summed E-state index contributed by atoms with van der Waals surface area (Å²) in [4.78, 5) is 14.4. The van der Waals surface area contributed by atoms with Crippen molar-refractivity contribution in [2.24, 2.45) is 11.8 Å². The molecule has 1 spiro atoms. The van der Waals surface area contributed by atoms with Crippen LogP contribution in [-0.4, -0.2) is 35.6 Å². The Morgan fingerprint density at radius 2 is 2.25 bits per heavy atom. The third kappa shape index (κ3) is 1.70. The van der Waals surface area contributed by atoms with Gasteiger partial charge in [0.25, 0.3) is 0 Å². The molecule has 3 aliphatic rings. The molecule has 1 aromatic carbocycles. The summed E-state index contributed by atoms with van der Waals surface area (Å²) in [6.45, 7) is 1.70. The van der Waals surface area contributed by atoms with Crippen LogP contribution < -0.4 is 0 Å². The zero-order valence-corrected chi connectivity index (χ0v) is 12.9. The molecule has 2 fully saturated rings. The summed E-state index contributed by atoms with van der Waals surface area (Å²) >= 11 is 3.53. The number of amides is 1. The Kier molecular flexibility index (Phi) is 2.77. The van der Waals surface area contributed by atoms with Crippen molar-refractivity contribution in [2.75, 3.05) is 19.7 Å². The first-order valence-electron chi connectivity index (χ1n) is 7.32. The molecule has 106 valence electrons. The van der Waals surface area contributed by atoms with E-state index in [1.807, 2.05) is 4.90 Å². The topological polar surface area (TPSA) is 40.5 Å². The molecular weight excluding hydrogens is 318 g/mol. The number of hydrogen-bond donors (Lipinski definition) is 1. The number of likely N-dealkylation sites (tertiary alicyclic amines) is 1. The van der Waals surface area contributed by atoms with E-state index in [2.05, 4.69) is 34.1 Å². The first-order valence-corrected chi connectivity index (χ1v) is 8.12. The Bertz CT molecular complexity index is 582. The zero-order valence-electron chi connectivity index (χ0n) is 11.3. The molecule has 2 aliphatic carbocycles. The number of rotatable bonds is 2. The first-order chi connectivity index (χ1) is 9.64. The van der Waals surface area contributed by atoms with Gasteiger partial charge in [0.05, 0.1) is 0 Å². The lowest BCUT2D eigenvalue weighted by Crippen LogP contribution is -2.52. The Morgan fingerprint density at radius 3 is 3.00 bits per heavy atom. The minimum absolute atomic E-state index is 0.136. The quantitative estimate of drug-likeness (QED) is 0.899. The molecular formula is C16H18BrNO2. The fourth-order valence-corrected chi connectivity index (χ4v) is 4.44. The van der Waals surface area contributed by atoms with Crippen LogP contribution in [0.2, 0.25) is 0 Å². The van der Waals surface area contributed by atoms with Gasteiger partial charge in [-0.3, -0.25) is 4.79 Å². The highest BCUT2D eigenvalue weighted by molar-refractivity contribution is 9.10. The van der Waals surface area contributed by atoms with Gasteiger partial charge in [0.2, 0.25) is 5.91 Å². The highest BCUT2D eigenvalue weighted by atomic mass is 79.9. The van der Waals surface area contributed by atoms with E-state index in [1.54, 1.807) is 0 Å². The number of fused-ring (bicyclic) bond motifs is 2. The maximum Gasteiger partial charge on any atom is 0.226 e. The standard InChI is InChI=1S/C16H18BrNO2/c17-12-1-2-13-11(5-12)3-4-16(13)6-14(16)15(20)18-7-10(8-18)9-19/h1-2,5,10,14,19H,3-4,6-9H2/t14-,16+/m0/s1.